The second kappa shape index (κ2) is 8.15. The van der Waals surface area contributed by atoms with Gasteiger partial charge in [-0.05, 0) is 34.0 Å². The zero-order valence-electron chi connectivity index (χ0n) is 12.5. The van der Waals surface area contributed by atoms with Crippen LogP contribution < -0.4 is 14.8 Å². The highest BCUT2D eigenvalue weighted by Gasteiger charge is 2.17. The smallest absolute Gasteiger partial charge is 0.255 e. The van der Waals surface area contributed by atoms with E-state index in [1.807, 2.05) is 0 Å². The summed E-state index contributed by atoms with van der Waals surface area (Å²) in [6, 6.07) is 3.46. The van der Waals surface area contributed by atoms with E-state index in [1.165, 1.54) is 0 Å². The molecule has 5 heteroatoms. The fourth-order valence-corrected chi connectivity index (χ4v) is 2.57. The van der Waals surface area contributed by atoms with Gasteiger partial charge in [-0.25, -0.2) is 0 Å². The van der Waals surface area contributed by atoms with Crippen LogP contribution in [0.3, 0.4) is 0 Å². The van der Waals surface area contributed by atoms with E-state index in [-0.39, 0.29) is 5.91 Å². The maximum absolute atomic E-state index is 12.3. The van der Waals surface area contributed by atoms with Crippen LogP contribution in [0.1, 0.15) is 37.0 Å². The summed E-state index contributed by atoms with van der Waals surface area (Å²) in [6.45, 7) is 4.93. The molecule has 0 heterocycles. The molecule has 0 saturated carbocycles. The van der Waals surface area contributed by atoms with Gasteiger partial charge in [-0.3, -0.25) is 4.79 Å². The summed E-state index contributed by atoms with van der Waals surface area (Å²) in [5.74, 6) is 1.49. The highest BCUT2D eigenvalue weighted by molar-refractivity contribution is 9.10. The van der Waals surface area contributed by atoms with Crippen LogP contribution in [0.2, 0.25) is 0 Å². The monoisotopic (exact) mass is 343 g/mol. The first kappa shape index (κ1) is 16.8. The number of hydrogen-bond acceptors (Lipinski definition) is 3. The highest BCUT2D eigenvalue weighted by Crippen LogP contribution is 2.33. The zero-order valence-corrected chi connectivity index (χ0v) is 14.0. The van der Waals surface area contributed by atoms with Gasteiger partial charge in [0.05, 0.1) is 24.3 Å². The molecule has 0 aliphatic heterocycles. The fraction of sp³-hybridized carbons (Fsp3) is 0.533. The van der Waals surface area contributed by atoms with Crippen LogP contribution in [0.5, 0.6) is 11.5 Å². The molecule has 0 spiro atoms. The largest absolute Gasteiger partial charge is 0.497 e. The molecule has 0 fully saturated rings. The van der Waals surface area contributed by atoms with Gasteiger partial charge in [0.15, 0.2) is 0 Å². The topological polar surface area (TPSA) is 47.6 Å². The van der Waals surface area contributed by atoms with Crippen LogP contribution in [-0.4, -0.2) is 26.7 Å². The van der Waals surface area contributed by atoms with Crippen molar-refractivity contribution < 1.29 is 14.3 Å². The number of hydrogen-bond donors (Lipinski definition) is 1. The summed E-state index contributed by atoms with van der Waals surface area (Å²) in [6.07, 6.45) is 2.10. The molecule has 4 nitrogen and oxygen atoms in total. The first-order valence-corrected chi connectivity index (χ1v) is 7.56. The van der Waals surface area contributed by atoms with E-state index in [0.29, 0.717) is 34.0 Å². The molecule has 0 aromatic heterocycles. The van der Waals surface area contributed by atoms with E-state index >= 15 is 0 Å². The summed E-state index contributed by atoms with van der Waals surface area (Å²) in [4.78, 5) is 12.3. The molecule has 0 aliphatic carbocycles. The zero-order chi connectivity index (χ0) is 15.1. The van der Waals surface area contributed by atoms with Gasteiger partial charge in [-0.2, -0.15) is 0 Å². The van der Waals surface area contributed by atoms with Crippen molar-refractivity contribution in [2.75, 3.05) is 20.8 Å². The Morgan fingerprint density at radius 1 is 1.25 bits per heavy atom. The number of rotatable bonds is 7. The molecule has 0 radical (unpaired) electrons. The van der Waals surface area contributed by atoms with Crippen LogP contribution in [0.15, 0.2) is 16.6 Å². The standard InChI is InChI=1S/C15H22BrNO3/c1-5-10(6-2)9-17-15(18)12-7-11(19-3)8-13(16)14(12)20-4/h7-8,10H,5-6,9H2,1-4H3,(H,17,18). The minimum atomic E-state index is -0.145. The van der Waals surface area contributed by atoms with E-state index in [0.717, 1.165) is 12.8 Å². The Balaban J connectivity index is 2.93. The van der Waals surface area contributed by atoms with Crippen molar-refractivity contribution in [1.82, 2.24) is 5.32 Å². The second-order valence-corrected chi connectivity index (χ2v) is 5.44. The Bertz CT molecular complexity index is 459. The molecule has 1 aromatic carbocycles. The maximum atomic E-state index is 12.3. The van der Waals surface area contributed by atoms with Gasteiger partial charge in [-0.1, -0.05) is 26.7 Å². The normalized spacial score (nSPS) is 10.5. The maximum Gasteiger partial charge on any atom is 0.255 e. The van der Waals surface area contributed by atoms with Crippen molar-refractivity contribution in [3.05, 3.63) is 22.2 Å². The molecule has 0 saturated heterocycles. The van der Waals surface area contributed by atoms with Crippen LogP contribution in [0.4, 0.5) is 0 Å². The van der Waals surface area contributed by atoms with E-state index in [4.69, 9.17) is 9.47 Å². The van der Waals surface area contributed by atoms with Gasteiger partial charge in [0.25, 0.3) is 5.91 Å². The van der Waals surface area contributed by atoms with Crippen LogP contribution in [0, 0.1) is 5.92 Å². The molecule has 112 valence electrons. The molecule has 1 N–H and O–H groups in total. The first-order chi connectivity index (χ1) is 9.57. The number of benzene rings is 1. The van der Waals surface area contributed by atoms with Crippen molar-refractivity contribution in [2.45, 2.75) is 26.7 Å². The van der Waals surface area contributed by atoms with Gasteiger partial charge in [-0.15, -0.1) is 0 Å². The number of amides is 1. The van der Waals surface area contributed by atoms with Gasteiger partial charge < -0.3 is 14.8 Å². The van der Waals surface area contributed by atoms with Gasteiger partial charge in [0.1, 0.15) is 11.5 Å². The first-order valence-electron chi connectivity index (χ1n) is 6.77. The SMILES string of the molecule is CCC(CC)CNC(=O)c1cc(OC)cc(Br)c1OC. The molecule has 20 heavy (non-hydrogen) atoms. The van der Waals surface area contributed by atoms with Crippen LogP contribution in [-0.2, 0) is 0 Å². The van der Waals surface area contributed by atoms with E-state index in [2.05, 4.69) is 35.1 Å². The van der Waals surface area contributed by atoms with Crippen molar-refractivity contribution >= 4 is 21.8 Å². The number of nitrogens with one attached hydrogen (secondary N) is 1. The molecule has 0 aliphatic rings. The Morgan fingerprint density at radius 2 is 1.90 bits per heavy atom. The third-order valence-electron chi connectivity index (χ3n) is 3.41. The Labute approximate surface area is 129 Å². The summed E-state index contributed by atoms with van der Waals surface area (Å²) < 4.78 is 11.2. The number of carbonyl (C=O) groups excluding carboxylic acids is 1. The predicted molar refractivity (Wildman–Crippen MR) is 83.7 cm³/mol. The Morgan fingerprint density at radius 3 is 2.40 bits per heavy atom. The quantitative estimate of drug-likeness (QED) is 0.822. The minimum Gasteiger partial charge on any atom is -0.497 e. The van der Waals surface area contributed by atoms with Crippen LogP contribution in [0.25, 0.3) is 0 Å². The lowest BCUT2D eigenvalue weighted by atomic mass is 10.0. The van der Waals surface area contributed by atoms with Gasteiger partial charge in [0.2, 0.25) is 0 Å². The van der Waals surface area contributed by atoms with Gasteiger partial charge in [0, 0.05) is 6.54 Å². The lowest BCUT2D eigenvalue weighted by Gasteiger charge is -2.16. The number of carbonyl (C=O) groups is 1. The number of ether oxygens (including phenoxy) is 2. The average Bonchev–Trinajstić information content (AvgIpc) is 2.47. The fourth-order valence-electron chi connectivity index (χ4n) is 1.97. The number of halogens is 1. The Kier molecular flexibility index (Phi) is 6.85. The number of methoxy groups -OCH3 is 2. The molecule has 1 aromatic rings. The third-order valence-corrected chi connectivity index (χ3v) is 4.00. The molecule has 1 amide bonds. The van der Waals surface area contributed by atoms with Crippen molar-refractivity contribution in [3.8, 4) is 11.5 Å². The van der Waals surface area contributed by atoms with Crippen molar-refractivity contribution in [3.63, 3.8) is 0 Å². The van der Waals surface area contributed by atoms with Crippen LogP contribution >= 0.6 is 15.9 Å². The molecular weight excluding hydrogens is 322 g/mol. The molecule has 0 atom stereocenters. The summed E-state index contributed by atoms with van der Waals surface area (Å²) in [5, 5.41) is 2.96. The second-order valence-electron chi connectivity index (χ2n) is 4.58. The summed E-state index contributed by atoms with van der Waals surface area (Å²) >= 11 is 3.39. The summed E-state index contributed by atoms with van der Waals surface area (Å²) in [5.41, 5.74) is 0.477. The molecule has 0 unspecified atom stereocenters. The lowest BCUT2D eigenvalue weighted by molar-refractivity contribution is 0.0943. The Hall–Kier alpha value is -1.23. The molecular formula is C15H22BrNO3. The van der Waals surface area contributed by atoms with Crippen molar-refractivity contribution in [1.29, 1.82) is 0 Å². The van der Waals surface area contributed by atoms with Crippen molar-refractivity contribution in [2.24, 2.45) is 5.92 Å². The highest BCUT2D eigenvalue weighted by atomic mass is 79.9. The average molecular weight is 344 g/mol. The van der Waals surface area contributed by atoms with E-state index < -0.39 is 0 Å². The molecule has 1 rings (SSSR count). The third kappa shape index (κ3) is 4.13. The van der Waals surface area contributed by atoms with E-state index in [1.54, 1.807) is 26.4 Å². The summed E-state index contributed by atoms with van der Waals surface area (Å²) in [7, 11) is 3.12. The minimum absolute atomic E-state index is 0.145. The molecule has 0 bridgehead atoms. The van der Waals surface area contributed by atoms with E-state index in [9.17, 15) is 4.79 Å². The predicted octanol–water partition coefficient (Wildman–Crippen LogP) is 3.63. The lowest BCUT2D eigenvalue weighted by Crippen LogP contribution is -2.29. The van der Waals surface area contributed by atoms with Gasteiger partial charge >= 0.3 is 0 Å².